The van der Waals surface area contributed by atoms with Crippen LogP contribution in [-0.2, 0) is 10.2 Å². The topological polar surface area (TPSA) is 81.1 Å². The van der Waals surface area contributed by atoms with Crippen molar-refractivity contribution in [2.45, 2.75) is 53.9 Å². The number of halogens is 1. The largest absolute Gasteiger partial charge is 0.400 e. The van der Waals surface area contributed by atoms with E-state index in [1.54, 1.807) is 48.8 Å². The highest BCUT2D eigenvalue weighted by atomic mass is 19.1. The van der Waals surface area contributed by atoms with Gasteiger partial charge >= 0.3 is 0 Å². The van der Waals surface area contributed by atoms with Crippen LogP contribution in [0.3, 0.4) is 0 Å². The van der Waals surface area contributed by atoms with Gasteiger partial charge < -0.3 is 10.8 Å². The summed E-state index contributed by atoms with van der Waals surface area (Å²) >= 11 is 0. The Balaban J connectivity index is 0.000000735. The van der Waals surface area contributed by atoms with Gasteiger partial charge in [-0.3, -0.25) is 4.79 Å². The first-order chi connectivity index (χ1) is 17.0. The molecule has 0 radical (unpaired) electrons. The molecule has 6 heteroatoms. The molecule has 1 unspecified atom stereocenters. The van der Waals surface area contributed by atoms with Gasteiger partial charge in [-0.15, -0.1) is 0 Å². The van der Waals surface area contributed by atoms with Gasteiger partial charge in [-0.05, 0) is 67.5 Å². The summed E-state index contributed by atoms with van der Waals surface area (Å²) in [5.41, 5.74) is 11.7. The van der Waals surface area contributed by atoms with Crippen LogP contribution in [0.15, 0.2) is 67.0 Å². The van der Waals surface area contributed by atoms with Gasteiger partial charge in [-0.2, -0.15) is 5.10 Å². The third-order valence-electron chi connectivity index (χ3n) is 5.69. The summed E-state index contributed by atoms with van der Waals surface area (Å²) in [5.74, 6) is -1.36. The Hall–Kier alpha value is -3.51. The number of amides is 1. The lowest BCUT2D eigenvalue weighted by molar-refractivity contribution is -0.119. The number of hydrogen-bond donors (Lipinski definition) is 2. The van der Waals surface area contributed by atoms with Crippen LogP contribution in [0, 0.1) is 32.5 Å². The van der Waals surface area contributed by atoms with E-state index in [4.69, 9.17) is 10.8 Å². The van der Waals surface area contributed by atoms with E-state index < -0.39 is 11.8 Å². The molecular weight excluding hydrogens is 453 g/mol. The summed E-state index contributed by atoms with van der Waals surface area (Å²) in [6.07, 6.45) is 10.1. The van der Waals surface area contributed by atoms with Crippen LogP contribution in [0.2, 0.25) is 0 Å². The van der Waals surface area contributed by atoms with Gasteiger partial charge in [0.2, 0.25) is 5.91 Å². The number of nitrogens with zero attached hydrogens (tertiary/aromatic N) is 2. The van der Waals surface area contributed by atoms with Crippen LogP contribution in [0.5, 0.6) is 0 Å². The van der Waals surface area contributed by atoms with Crippen molar-refractivity contribution in [1.29, 1.82) is 0 Å². The zero-order valence-electron chi connectivity index (χ0n) is 22.7. The van der Waals surface area contributed by atoms with Crippen molar-refractivity contribution in [3.8, 4) is 5.69 Å². The summed E-state index contributed by atoms with van der Waals surface area (Å²) in [4.78, 5) is 11.4. The second-order valence-electron chi connectivity index (χ2n) is 9.44. The van der Waals surface area contributed by atoms with Crippen LogP contribution in [0.25, 0.3) is 11.8 Å². The van der Waals surface area contributed by atoms with Crippen LogP contribution < -0.4 is 5.73 Å². The number of carbonyl (C=O) groups is 1. The number of primary amides is 1. The fraction of sp³-hybridized carbons (Fsp3) is 0.333. The van der Waals surface area contributed by atoms with Crippen molar-refractivity contribution in [3.63, 3.8) is 0 Å². The number of hydrogen-bond acceptors (Lipinski definition) is 3. The molecule has 0 bridgehead atoms. The van der Waals surface area contributed by atoms with E-state index in [2.05, 4.69) is 57.9 Å². The molecule has 1 amide bonds. The number of aryl methyl sites for hydroxylation is 3. The van der Waals surface area contributed by atoms with Gasteiger partial charge in [-0.1, -0.05) is 69.3 Å². The first kappa shape index (κ1) is 30.5. The molecule has 1 aromatic heterocycles. The summed E-state index contributed by atoms with van der Waals surface area (Å²) in [6.45, 7) is 14.8. The molecule has 0 saturated carbocycles. The minimum absolute atomic E-state index is 0. The number of nitrogens with two attached hydrogens (primary N) is 1. The fourth-order valence-electron chi connectivity index (χ4n) is 3.40. The predicted octanol–water partition coefficient (Wildman–Crippen LogP) is 6.47. The van der Waals surface area contributed by atoms with Gasteiger partial charge in [-0.25, -0.2) is 9.07 Å². The third kappa shape index (κ3) is 8.61. The standard InChI is InChI=1S/C17H18FN3O.C12H18.CH4O.H2/c1-3-5-13(17(19)22)7-8-14-12(2)6-9-15(18)16(14)21-11-4-10-20-21;1-9-6-7-11(8-10(9)2)12(3,4)5;1-2;/h3-11,13H,1-2H3,(H2,19,22);6-8H,1-5H3;2H,1H3;1H/b5-3-,8-7-;;;. The minimum Gasteiger partial charge on any atom is -0.400 e. The van der Waals surface area contributed by atoms with Gasteiger partial charge in [0.25, 0.3) is 0 Å². The third-order valence-corrected chi connectivity index (χ3v) is 5.69. The molecule has 0 saturated heterocycles. The van der Waals surface area contributed by atoms with Gasteiger partial charge in [0.15, 0.2) is 0 Å². The van der Waals surface area contributed by atoms with Crippen molar-refractivity contribution < 1.29 is 15.7 Å². The van der Waals surface area contributed by atoms with Gasteiger partial charge in [0, 0.05) is 26.5 Å². The Morgan fingerprint density at radius 1 is 1.08 bits per heavy atom. The van der Waals surface area contributed by atoms with Gasteiger partial charge in [0.1, 0.15) is 11.5 Å². The molecule has 3 aromatic rings. The van der Waals surface area contributed by atoms with Crippen LogP contribution in [0.4, 0.5) is 4.39 Å². The highest BCUT2D eigenvalue weighted by molar-refractivity contribution is 5.82. The first-order valence-electron chi connectivity index (χ1n) is 11.9. The van der Waals surface area contributed by atoms with Crippen molar-refractivity contribution in [2.75, 3.05) is 7.11 Å². The molecule has 0 spiro atoms. The Labute approximate surface area is 216 Å². The normalized spacial score (nSPS) is 12.1. The lowest BCUT2D eigenvalue weighted by Gasteiger charge is -2.19. The molecule has 1 heterocycles. The maximum absolute atomic E-state index is 14.2. The molecular formula is C30H42FN3O2. The highest BCUT2D eigenvalue weighted by Gasteiger charge is 2.14. The van der Waals surface area contributed by atoms with E-state index >= 15 is 0 Å². The minimum atomic E-state index is -0.530. The molecule has 196 valence electrons. The molecule has 1 atom stereocenters. The average molecular weight is 496 g/mol. The number of benzene rings is 2. The SMILES string of the molecule is C/C=C\C(/C=C\c1c(C)ccc(F)c1-n1cccn1)C(N)=O.CO.Cc1ccc(C(C)(C)C)cc1C.[HH]. The van der Waals surface area contributed by atoms with E-state index in [-0.39, 0.29) is 12.7 Å². The number of rotatable bonds is 5. The number of aromatic nitrogens is 2. The quantitative estimate of drug-likeness (QED) is 0.398. The molecule has 0 aliphatic heterocycles. The van der Waals surface area contributed by atoms with E-state index in [0.717, 1.165) is 12.7 Å². The number of aliphatic hydroxyl groups excluding tert-OH is 1. The molecule has 0 aliphatic carbocycles. The molecule has 5 nitrogen and oxygen atoms in total. The fourth-order valence-corrected chi connectivity index (χ4v) is 3.40. The van der Waals surface area contributed by atoms with Gasteiger partial charge in [0.05, 0.1) is 5.92 Å². The lowest BCUT2D eigenvalue weighted by atomic mass is 9.85. The Morgan fingerprint density at radius 3 is 2.22 bits per heavy atom. The summed E-state index contributed by atoms with van der Waals surface area (Å²) < 4.78 is 15.7. The summed E-state index contributed by atoms with van der Waals surface area (Å²) in [6, 6.07) is 11.5. The van der Waals surface area contributed by atoms with Crippen molar-refractivity contribution in [1.82, 2.24) is 9.78 Å². The predicted molar refractivity (Wildman–Crippen MR) is 150 cm³/mol. The average Bonchev–Trinajstić information content (AvgIpc) is 3.35. The molecule has 3 rings (SSSR count). The summed E-state index contributed by atoms with van der Waals surface area (Å²) in [5, 5.41) is 11.1. The van der Waals surface area contributed by atoms with E-state index in [0.29, 0.717) is 11.3 Å². The first-order valence-corrected chi connectivity index (χ1v) is 11.9. The molecule has 2 aromatic carbocycles. The molecule has 3 N–H and O–H groups in total. The van der Waals surface area contributed by atoms with Crippen molar-refractivity contribution >= 4 is 12.0 Å². The Bertz CT molecular complexity index is 1180. The Morgan fingerprint density at radius 2 is 1.72 bits per heavy atom. The summed E-state index contributed by atoms with van der Waals surface area (Å²) in [7, 11) is 1.00. The number of allylic oxidation sites excluding steroid dienone is 1. The van der Waals surface area contributed by atoms with E-state index in [1.165, 1.54) is 27.4 Å². The lowest BCUT2D eigenvalue weighted by Crippen LogP contribution is -2.19. The van der Waals surface area contributed by atoms with Crippen LogP contribution >= 0.6 is 0 Å². The zero-order chi connectivity index (χ0) is 27.5. The van der Waals surface area contributed by atoms with Crippen molar-refractivity contribution in [3.05, 3.63) is 101 Å². The Kier molecular flexibility index (Phi) is 12.0. The monoisotopic (exact) mass is 495 g/mol. The molecule has 36 heavy (non-hydrogen) atoms. The maximum atomic E-state index is 14.2. The van der Waals surface area contributed by atoms with E-state index in [9.17, 15) is 9.18 Å². The number of carbonyl (C=O) groups excluding carboxylic acids is 1. The zero-order valence-corrected chi connectivity index (χ0v) is 22.7. The number of aliphatic hydroxyl groups is 1. The van der Waals surface area contributed by atoms with Crippen LogP contribution in [0.1, 0.15) is 56.9 Å². The maximum Gasteiger partial charge on any atom is 0.228 e. The van der Waals surface area contributed by atoms with E-state index in [1.807, 2.05) is 13.8 Å². The highest BCUT2D eigenvalue weighted by Crippen LogP contribution is 2.25. The smallest absolute Gasteiger partial charge is 0.228 e. The molecule has 0 aliphatic rings. The van der Waals surface area contributed by atoms with Crippen molar-refractivity contribution in [2.24, 2.45) is 11.7 Å². The molecule has 0 fully saturated rings. The second-order valence-corrected chi connectivity index (χ2v) is 9.44. The second kappa shape index (κ2) is 14.1. The van der Waals surface area contributed by atoms with Crippen LogP contribution in [-0.4, -0.2) is 27.9 Å².